The highest BCUT2D eigenvalue weighted by molar-refractivity contribution is 5.93. The zero-order chi connectivity index (χ0) is 21.5. The molecule has 1 aromatic heterocycles. The Balaban J connectivity index is 1.44. The van der Waals surface area contributed by atoms with E-state index >= 15 is 0 Å². The summed E-state index contributed by atoms with van der Waals surface area (Å²) in [7, 11) is 3.93. The zero-order valence-corrected chi connectivity index (χ0v) is 18.7. The van der Waals surface area contributed by atoms with Gasteiger partial charge in [-0.1, -0.05) is 6.07 Å². The Bertz CT molecular complexity index is 1100. The smallest absolute Gasteiger partial charge is 0.163 e. The van der Waals surface area contributed by atoms with E-state index in [2.05, 4.69) is 59.3 Å². The van der Waals surface area contributed by atoms with Crippen molar-refractivity contribution in [2.24, 2.45) is 0 Å². The van der Waals surface area contributed by atoms with Crippen LogP contribution in [0.2, 0.25) is 0 Å². The third-order valence-corrected chi connectivity index (χ3v) is 7.04. The van der Waals surface area contributed by atoms with E-state index in [4.69, 9.17) is 9.47 Å². The van der Waals surface area contributed by atoms with Crippen LogP contribution in [-0.4, -0.2) is 47.2 Å². The van der Waals surface area contributed by atoms with Gasteiger partial charge < -0.3 is 19.7 Å². The van der Waals surface area contributed by atoms with Crippen molar-refractivity contribution >= 4 is 22.4 Å². The van der Waals surface area contributed by atoms with Crippen LogP contribution in [0.5, 0.6) is 11.5 Å². The topological polar surface area (TPSA) is 59.5 Å². The number of rotatable bonds is 5. The van der Waals surface area contributed by atoms with Crippen molar-refractivity contribution < 1.29 is 9.47 Å². The summed E-state index contributed by atoms with van der Waals surface area (Å²) in [4.78, 5) is 11.5. The number of ether oxygens (including phenoxy) is 2. The van der Waals surface area contributed by atoms with Gasteiger partial charge in [-0.15, -0.1) is 0 Å². The minimum Gasteiger partial charge on any atom is -0.493 e. The molecule has 6 nitrogen and oxygen atoms in total. The number of nitrogens with zero attached hydrogens (tertiary/aromatic N) is 3. The molecule has 2 aromatic carbocycles. The Hall–Kier alpha value is -2.86. The standard InChI is InChI=1S/C25H30N4O2/c1-15-5-6-17(9-16(15)2)28-25-21-12-23(30-4)24(13-22(21)26-14-27-25)31-20-10-18-7-8-19(11-20)29(18)3/h5-6,9,12-14,18-20H,7-8,10-11H2,1-4H3,(H,26,27,28). The quantitative estimate of drug-likeness (QED) is 0.629. The van der Waals surface area contributed by atoms with Gasteiger partial charge in [-0.3, -0.25) is 0 Å². The predicted octanol–water partition coefficient (Wildman–Crippen LogP) is 5.00. The number of aryl methyl sites for hydroxylation is 2. The molecule has 1 N–H and O–H groups in total. The first kappa shape index (κ1) is 20.1. The SMILES string of the molecule is COc1cc2c(Nc3ccc(C)c(C)c3)ncnc2cc1OC1CC2CCC(C1)N2C. The number of benzene rings is 2. The fourth-order valence-corrected chi connectivity index (χ4v) is 5.01. The fraction of sp³-hybridized carbons (Fsp3) is 0.440. The van der Waals surface area contributed by atoms with Gasteiger partial charge in [0.1, 0.15) is 18.2 Å². The molecule has 31 heavy (non-hydrogen) atoms. The van der Waals surface area contributed by atoms with Crippen molar-refractivity contribution in [1.82, 2.24) is 14.9 Å². The number of piperidine rings is 1. The highest BCUT2D eigenvalue weighted by Crippen LogP contribution is 2.40. The fourth-order valence-electron chi connectivity index (χ4n) is 5.01. The maximum Gasteiger partial charge on any atom is 0.163 e. The number of anilines is 2. The van der Waals surface area contributed by atoms with Crippen LogP contribution in [0.25, 0.3) is 10.9 Å². The zero-order valence-electron chi connectivity index (χ0n) is 18.7. The van der Waals surface area contributed by atoms with Gasteiger partial charge in [0.05, 0.1) is 12.6 Å². The van der Waals surface area contributed by atoms with Gasteiger partial charge >= 0.3 is 0 Å². The molecule has 2 atom stereocenters. The van der Waals surface area contributed by atoms with Crippen LogP contribution < -0.4 is 14.8 Å². The van der Waals surface area contributed by atoms with Crippen LogP contribution in [0.1, 0.15) is 36.8 Å². The first-order valence-corrected chi connectivity index (χ1v) is 11.1. The minimum absolute atomic E-state index is 0.218. The lowest BCUT2D eigenvalue weighted by molar-refractivity contribution is 0.0644. The van der Waals surface area contributed by atoms with E-state index in [0.717, 1.165) is 46.7 Å². The molecule has 5 rings (SSSR count). The summed E-state index contributed by atoms with van der Waals surface area (Å²) in [6, 6.07) is 11.5. The second kappa shape index (κ2) is 8.00. The van der Waals surface area contributed by atoms with Gasteiger partial charge in [0, 0.05) is 29.2 Å². The molecular formula is C25H30N4O2. The number of aromatic nitrogens is 2. The lowest BCUT2D eigenvalue weighted by Crippen LogP contribution is -2.43. The number of methoxy groups -OCH3 is 1. The molecule has 0 radical (unpaired) electrons. The maximum absolute atomic E-state index is 6.47. The van der Waals surface area contributed by atoms with Crippen molar-refractivity contribution in [1.29, 1.82) is 0 Å². The lowest BCUT2D eigenvalue weighted by atomic mass is 10.0. The van der Waals surface area contributed by atoms with Gasteiger partial charge in [0.25, 0.3) is 0 Å². The van der Waals surface area contributed by atoms with Crippen LogP contribution in [0.3, 0.4) is 0 Å². The molecule has 0 amide bonds. The second-order valence-electron chi connectivity index (χ2n) is 8.93. The van der Waals surface area contributed by atoms with E-state index in [1.54, 1.807) is 13.4 Å². The molecule has 162 valence electrons. The molecule has 2 unspecified atom stereocenters. The average molecular weight is 419 g/mol. The van der Waals surface area contributed by atoms with Gasteiger partial charge in [-0.2, -0.15) is 0 Å². The maximum atomic E-state index is 6.47. The number of fused-ring (bicyclic) bond motifs is 3. The first-order valence-electron chi connectivity index (χ1n) is 11.1. The Kier molecular flexibility index (Phi) is 5.18. The van der Waals surface area contributed by atoms with E-state index in [0.29, 0.717) is 12.1 Å². The van der Waals surface area contributed by atoms with Crippen molar-refractivity contribution in [2.75, 3.05) is 19.5 Å². The average Bonchev–Trinajstić information content (AvgIpc) is 2.96. The van der Waals surface area contributed by atoms with E-state index < -0.39 is 0 Å². The molecule has 6 heteroatoms. The number of hydrogen-bond donors (Lipinski definition) is 1. The predicted molar refractivity (Wildman–Crippen MR) is 124 cm³/mol. The van der Waals surface area contributed by atoms with Crippen molar-refractivity contribution in [2.45, 2.75) is 57.7 Å². The van der Waals surface area contributed by atoms with Gasteiger partial charge in [0.2, 0.25) is 0 Å². The van der Waals surface area contributed by atoms with Crippen LogP contribution in [0.15, 0.2) is 36.7 Å². The van der Waals surface area contributed by atoms with Crippen LogP contribution in [0, 0.1) is 13.8 Å². The molecule has 0 aliphatic carbocycles. The Morgan fingerprint density at radius 3 is 2.45 bits per heavy atom. The van der Waals surface area contributed by atoms with Gasteiger partial charge in [-0.25, -0.2) is 9.97 Å². The normalized spacial score (nSPS) is 23.2. The van der Waals surface area contributed by atoms with E-state index in [-0.39, 0.29) is 6.10 Å². The molecule has 0 spiro atoms. The molecule has 3 aromatic rings. The third kappa shape index (κ3) is 3.81. The van der Waals surface area contributed by atoms with Gasteiger partial charge in [0.15, 0.2) is 11.5 Å². The Morgan fingerprint density at radius 2 is 1.74 bits per heavy atom. The van der Waals surface area contributed by atoms with E-state index in [1.165, 1.54) is 24.0 Å². The van der Waals surface area contributed by atoms with Crippen LogP contribution in [0.4, 0.5) is 11.5 Å². The van der Waals surface area contributed by atoms with Crippen molar-refractivity contribution in [3.63, 3.8) is 0 Å². The number of hydrogen-bond acceptors (Lipinski definition) is 6. The minimum atomic E-state index is 0.218. The molecule has 2 aliphatic rings. The Labute approximate surface area is 183 Å². The summed E-state index contributed by atoms with van der Waals surface area (Å²) in [5.41, 5.74) is 4.35. The third-order valence-electron chi connectivity index (χ3n) is 7.04. The Morgan fingerprint density at radius 1 is 0.968 bits per heavy atom. The monoisotopic (exact) mass is 418 g/mol. The summed E-state index contributed by atoms with van der Waals surface area (Å²) >= 11 is 0. The van der Waals surface area contributed by atoms with Crippen LogP contribution in [-0.2, 0) is 0 Å². The summed E-state index contributed by atoms with van der Waals surface area (Å²) in [5, 5.41) is 4.35. The summed E-state index contributed by atoms with van der Waals surface area (Å²) in [6.45, 7) is 4.22. The molecular weight excluding hydrogens is 388 g/mol. The molecule has 2 aliphatic heterocycles. The molecule has 2 saturated heterocycles. The molecule has 3 heterocycles. The highest BCUT2D eigenvalue weighted by atomic mass is 16.5. The molecule has 0 saturated carbocycles. The molecule has 2 bridgehead atoms. The summed E-state index contributed by atoms with van der Waals surface area (Å²) < 4.78 is 12.2. The van der Waals surface area contributed by atoms with Crippen LogP contribution >= 0.6 is 0 Å². The van der Waals surface area contributed by atoms with Crippen molar-refractivity contribution in [3.8, 4) is 11.5 Å². The highest BCUT2D eigenvalue weighted by Gasteiger charge is 2.39. The summed E-state index contributed by atoms with van der Waals surface area (Å²) in [5.74, 6) is 2.24. The number of nitrogens with one attached hydrogen (secondary N) is 1. The lowest BCUT2D eigenvalue weighted by Gasteiger charge is -2.36. The van der Waals surface area contributed by atoms with Gasteiger partial charge in [-0.05, 0) is 75.9 Å². The van der Waals surface area contributed by atoms with E-state index in [9.17, 15) is 0 Å². The van der Waals surface area contributed by atoms with Crippen molar-refractivity contribution in [3.05, 3.63) is 47.8 Å². The largest absolute Gasteiger partial charge is 0.493 e. The molecule has 2 fully saturated rings. The second-order valence-corrected chi connectivity index (χ2v) is 8.93. The first-order chi connectivity index (χ1) is 15.0. The summed E-state index contributed by atoms with van der Waals surface area (Å²) in [6.07, 6.45) is 6.50. The van der Waals surface area contributed by atoms with E-state index in [1.807, 2.05) is 12.1 Å².